The first-order valence-corrected chi connectivity index (χ1v) is 10.4. The number of carboxylic acid groups (broad SMARTS) is 1. The lowest BCUT2D eigenvalue weighted by atomic mass is 10.00. The third-order valence-electron chi connectivity index (χ3n) is 4.81. The molecule has 0 radical (unpaired) electrons. The molecule has 170 valence electrons. The molecule has 3 aromatic rings. The van der Waals surface area contributed by atoms with Gasteiger partial charge < -0.3 is 29.5 Å². The van der Waals surface area contributed by atoms with Crippen LogP contribution in [0.4, 0.5) is 0 Å². The molecular weight excluding hydrogens is 414 g/mol. The number of aliphatic carboxylic acids is 1. The summed E-state index contributed by atoms with van der Waals surface area (Å²) in [6.07, 6.45) is 0.581. The molecular formula is C24H27NO7. The van der Waals surface area contributed by atoms with E-state index in [1.165, 1.54) is 0 Å². The van der Waals surface area contributed by atoms with E-state index >= 15 is 0 Å². The average Bonchev–Trinajstić information content (AvgIpc) is 2.77. The summed E-state index contributed by atoms with van der Waals surface area (Å²) in [5.74, 6) is 1.03. The van der Waals surface area contributed by atoms with Crippen LogP contribution in [0, 0.1) is 6.92 Å². The highest BCUT2D eigenvalue weighted by molar-refractivity contribution is 5.85. The molecule has 4 rings (SSSR count). The van der Waals surface area contributed by atoms with Gasteiger partial charge in [0.1, 0.15) is 30.3 Å². The van der Waals surface area contributed by atoms with Gasteiger partial charge in [-0.05, 0) is 49.2 Å². The molecule has 2 heterocycles. The molecule has 1 aliphatic rings. The maximum Gasteiger partial charge on any atom is 0.341 e. The summed E-state index contributed by atoms with van der Waals surface area (Å²) in [5, 5.41) is 9.29. The van der Waals surface area contributed by atoms with E-state index in [1.54, 1.807) is 31.2 Å². The molecule has 0 saturated carbocycles. The molecule has 3 N–H and O–H groups in total. The van der Waals surface area contributed by atoms with Gasteiger partial charge in [-0.2, -0.15) is 0 Å². The van der Waals surface area contributed by atoms with Crippen molar-refractivity contribution in [1.82, 2.24) is 0 Å². The fourth-order valence-electron chi connectivity index (χ4n) is 3.46. The van der Waals surface area contributed by atoms with Crippen molar-refractivity contribution >= 4 is 16.9 Å². The minimum atomic E-state index is -1.07. The lowest BCUT2D eigenvalue weighted by Gasteiger charge is -2.19. The van der Waals surface area contributed by atoms with Crippen molar-refractivity contribution in [3.63, 3.8) is 0 Å². The maximum atomic E-state index is 13.3. The molecule has 0 saturated heterocycles. The molecule has 0 unspecified atom stereocenters. The Hall–Kier alpha value is -3.52. The second kappa shape index (κ2) is 10.2. The molecule has 0 atom stereocenters. The van der Waals surface area contributed by atoms with Gasteiger partial charge in [0.15, 0.2) is 18.1 Å². The van der Waals surface area contributed by atoms with Crippen molar-refractivity contribution in [3.8, 4) is 28.4 Å². The zero-order valence-electron chi connectivity index (χ0n) is 18.4. The standard InChI is InChI=1S/C22H20O7.C2H7N/c1-3-13-8-15-18(10-17(13)28-11-20(23)24)29-12(2)21(22(15)25)14-4-5-16-19(9-14)27-7-6-26-16;1-2-3/h4-5,8-10H,3,6-7,11H2,1-2H3,(H,23,24);2-3H2,1H3. The number of hydrogen-bond donors (Lipinski definition) is 2. The summed E-state index contributed by atoms with van der Waals surface area (Å²) in [7, 11) is 0. The Morgan fingerprint density at radius 3 is 2.47 bits per heavy atom. The molecule has 0 amide bonds. The van der Waals surface area contributed by atoms with E-state index in [1.807, 2.05) is 19.9 Å². The molecule has 32 heavy (non-hydrogen) atoms. The van der Waals surface area contributed by atoms with Crippen LogP contribution in [0.2, 0.25) is 0 Å². The van der Waals surface area contributed by atoms with Crippen molar-refractivity contribution in [3.05, 3.63) is 51.9 Å². The predicted molar refractivity (Wildman–Crippen MR) is 121 cm³/mol. The smallest absolute Gasteiger partial charge is 0.341 e. The normalized spacial score (nSPS) is 12.1. The third kappa shape index (κ3) is 4.86. The van der Waals surface area contributed by atoms with Crippen LogP contribution in [0.15, 0.2) is 39.5 Å². The Kier molecular flexibility index (Phi) is 7.37. The van der Waals surface area contributed by atoms with Crippen LogP contribution >= 0.6 is 0 Å². The van der Waals surface area contributed by atoms with E-state index in [0.717, 1.165) is 12.1 Å². The third-order valence-corrected chi connectivity index (χ3v) is 4.81. The van der Waals surface area contributed by atoms with E-state index in [-0.39, 0.29) is 5.43 Å². The number of hydrogen-bond acceptors (Lipinski definition) is 7. The van der Waals surface area contributed by atoms with Gasteiger partial charge in [0.25, 0.3) is 0 Å². The van der Waals surface area contributed by atoms with E-state index in [9.17, 15) is 9.59 Å². The molecule has 1 aromatic heterocycles. The molecule has 1 aliphatic heterocycles. The number of carbonyl (C=O) groups is 1. The molecule has 8 nitrogen and oxygen atoms in total. The lowest BCUT2D eigenvalue weighted by Crippen LogP contribution is -2.15. The minimum absolute atomic E-state index is 0.167. The molecule has 0 spiro atoms. The summed E-state index contributed by atoms with van der Waals surface area (Å²) >= 11 is 0. The van der Waals surface area contributed by atoms with Crippen LogP contribution in [0.5, 0.6) is 17.2 Å². The Morgan fingerprint density at radius 2 is 1.81 bits per heavy atom. The van der Waals surface area contributed by atoms with Gasteiger partial charge >= 0.3 is 5.97 Å². The number of rotatable bonds is 5. The SMILES string of the molecule is CCN.CCc1cc2c(=O)c(-c3ccc4c(c3)OCCO4)c(C)oc2cc1OCC(=O)O. The molecule has 0 aliphatic carbocycles. The summed E-state index contributed by atoms with van der Waals surface area (Å²) in [6, 6.07) is 8.67. The Bertz CT molecular complexity index is 1180. The van der Waals surface area contributed by atoms with Gasteiger partial charge in [-0.15, -0.1) is 0 Å². The van der Waals surface area contributed by atoms with Crippen molar-refractivity contribution < 1.29 is 28.5 Å². The van der Waals surface area contributed by atoms with Crippen molar-refractivity contribution in [2.24, 2.45) is 5.73 Å². The van der Waals surface area contributed by atoms with E-state index in [0.29, 0.717) is 64.7 Å². The van der Waals surface area contributed by atoms with Crippen LogP contribution in [-0.2, 0) is 11.2 Å². The van der Waals surface area contributed by atoms with E-state index in [4.69, 9.17) is 29.5 Å². The highest BCUT2D eigenvalue weighted by atomic mass is 16.6. The Labute approximate surface area is 185 Å². The fourth-order valence-corrected chi connectivity index (χ4v) is 3.46. The molecule has 0 fully saturated rings. The molecule has 8 heteroatoms. The number of aryl methyl sites for hydroxylation is 2. The number of fused-ring (bicyclic) bond motifs is 2. The number of ether oxygens (including phenoxy) is 3. The summed E-state index contributed by atoms with van der Waals surface area (Å²) in [5.41, 5.74) is 6.91. The highest BCUT2D eigenvalue weighted by Crippen LogP contribution is 2.36. The molecule has 0 bridgehead atoms. The van der Waals surface area contributed by atoms with Gasteiger partial charge in [-0.1, -0.05) is 19.9 Å². The second-order valence-corrected chi connectivity index (χ2v) is 7.12. The summed E-state index contributed by atoms with van der Waals surface area (Å²) in [4.78, 5) is 24.1. The van der Waals surface area contributed by atoms with Crippen LogP contribution in [-0.4, -0.2) is 37.4 Å². The lowest BCUT2D eigenvalue weighted by molar-refractivity contribution is -0.139. The molecule has 2 aromatic carbocycles. The largest absolute Gasteiger partial charge is 0.486 e. The van der Waals surface area contributed by atoms with Crippen molar-refractivity contribution in [2.45, 2.75) is 27.2 Å². The van der Waals surface area contributed by atoms with Crippen LogP contribution in [0.25, 0.3) is 22.1 Å². The predicted octanol–water partition coefficient (Wildman–Crippen LogP) is 3.53. The average molecular weight is 441 g/mol. The quantitative estimate of drug-likeness (QED) is 0.617. The maximum absolute atomic E-state index is 13.3. The van der Waals surface area contributed by atoms with Gasteiger partial charge in [-0.3, -0.25) is 4.79 Å². The first-order valence-electron chi connectivity index (χ1n) is 10.4. The summed E-state index contributed by atoms with van der Waals surface area (Å²) in [6.45, 7) is 6.78. The zero-order valence-corrected chi connectivity index (χ0v) is 18.4. The number of carboxylic acids is 1. The van der Waals surface area contributed by atoms with E-state index < -0.39 is 12.6 Å². The topological polar surface area (TPSA) is 121 Å². The first-order chi connectivity index (χ1) is 15.4. The monoisotopic (exact) mass is 441 g/mol. The minimum Gasteiger partial charge on any atom is -0.486 e. The number of benzene rings is 2. The van der Waals surface area contributed by atoms with Crippen LogP contribution < -0.4 is 25.4 Å². The Morgan fingerprint density at radius 1 is 1.12 bits per heavy atom. The second-order valence-electron chi connectivity index (χ2n) is 7.12. The number of nitrogens with two attached hydrogens (primary N) is 1. The zero-order chi connectivity index (χ0) is 23.3. The van der Waals surface area contributed by atoms with Crippen LogP contribution in [0.3, 0.4) is 0 Å². The van der Waals surface area contributed by atoms with Gasteiger partial charge in [-0.25, -0.2) is 4.79 Å². The fraction of sp³-hybridized carbons (Fsp3) is 0.333. The van der Waals surface area contributed by atoms with Crippen molar-refractivity contribution in [1.29, 1.82) is 0 Å². The first kappa shape index (κ1) is 23.1. The van der Waals surface area contributed by atoms with Gasteiger partial charge in [0, 0.05) is 6.07 Å². The van der Waals surface area contributed by atoms with Gasteiger partial charge in [0.05, 0.1) is 10.9 Å². The van der Waals surface area contributed by atoms with Crippen molar-refractivity contribution in [2.75, 3.05) is 26.4 Å². The summed E-state index contributed by atoms with van der Waals surface area (Å²) < 4.78 is 22.5. The Balaban J connectivity index is 0.000000913. The van der Waals surface area contributed by atoms with Gasteiger partial charge in [0.2, 0.25) is 5.43 Å². The highest BCUT2D eigenvalue weighted by Gasteiger charge is 2.19. The van der Waals surface area contributed by atoms with Crippen LogP contribution in [0.1, 0.15) is 25.2 Å². The van der Waals surface area contributed by atoms with E-state index in [2.05, 4.69) is 0 Å².